The Bertz CT molecular complexity index is 3350. The molecule has 4 aromatic carbocycles. The summed E-state index contributed by atoms with van der Waals surface area (Å²) in [6.07, 6.45) is 1.11. The predicted octanol–water partition coefficient (Wildman–Crippen LogP) is 8.58. The first-order valence-corrected chi connectivity index (χ1v) is 28.1. The third kappa shape index (κ3) is 12.4. The lowest BCUT2D eigenvalue weighted by Crippen LogP contribution is -2.51. The van der Waals surface area contributed by atoms with Crippen LogP contribution in [0.25, 0.3) is 43.2 Å². The van der Waals surface area contributed by atoms with E-state index in [0.717, 1.165) is 58.4 Å². The summed E-state index contributed by atoms with van der Waals surface area (Å²) in [4.78, 5) is 48.6. The van der Waals surface area contributed by atoms with Gasteiger partial charge in [-0.2, -0.15) is 15.2 Å². The van der Waals surface area contributed by atoms with Crippen LogP contribution < -0.4 is 25.0 Å². The van der Waals surface area contributed by atoms with Crippen molar-refractivity contribution in [3.05, 3.63) is 106 Å². The maximum atomic E-state index is 17.1. The van der Waals surface area contributed by atoms with Gasteiger partial charge in [0, 0.05) is 75.3 Å². The largest absolute Gasteiger partial charge is 0.508 e. The molecule has 0 radical (unpaired) electrons. The second-order valence-electron chi connectivity index (χ2n) is 20.9. The van der Waals surface area contributed by atoms with Crippen LogP contribution in [0.4, 0.5) is 10.2 Å². The summed E-state index contributed by atoms with van der Waals surface area (Å²) in [6.45, 7) is 12.1. The van der Waals surface area contributed by atoms with Crippen LogP contribution in [0, 0.1) is 30.0 Å². The van der Waals surface area contributed by atoms with E-state index in [9.17, 15) is 25.1 Å². The number of halogens is 2. The Kier molecular flexibility index (Phi) is 17.2. The van der Waals surface area contributed by atoms with Crippen LogP contribution in [-0.2, 0) is 14.3 Å². The summed E-state index contributed by atoms with van der Waals surface area (Å²) in [6, 6.07) is 22.7. The highest BCUT2D eigenvalue weighted by Crippen LogP contribution is 2.43. The number of aliphatic hydroxyl groups excluding tert-OH is 1. The van der Waals surface area contributed by atoms with Gasteiger partial charge in [0.15, 0.2) is 11.6 Å². The van der Waals surface area contributed by atoms with Gasteiger partial charge in [0.1, 0.15) is 42.3 Å². The van der Waals surface area contributed by atoms with E-state index in [1.807, 2.05) is 86.6 Å². The average molecular weight is 1120 g/mol. The van der Waals surface area contributed by atoms with Crippen LogP contribution in [0.2, 0.25) is 5.02 Å². The molecule has 3 aliphatic heterocycles. The lowest BCUT2D eigenvalue weighted by Gasteiger charge is -2.34. The van der Waals surface area contributed by atoms with Crippen LogP contribution >= 0.6 is 22.9 Å². The molecule has 3 fully saturated rings. The van der Waals surface area contributed by atoms with Gasteiger partial charge in [0.2, 0.25) is 11.8 Å². The molecule has 3 aliphatic rings. The number of thiazole rings is 1. The molecule has 3 aromatic heterocycles. The number of fused-ring (bicyclic) bond motifs is 2. The average Bonchev–Trinajstić information content (AvgIpc) is 4.36. The number of β-amino-alcohol motifs (C(OH)–C–C–N with tert-alkyl or cyclic N) is 1. The maximum Gasteiger partial charge on any atom is 0.319 e. The molecule has 5 atom stereocenters. The number of piperidine rings is 1. The van der Waals surface area contributed by atoms with Gasteiger partial charge in [-0.05, 0) is 83.4 Å². The van der Waals surface area contributed by atoms with Gasteiger partial charge >= 0.3 is 6.01 Å². The van der Waals surface area contributed by atoms with Crippen molar-refractivity contribution >= 4 is 62.2 Å². The van der Waals surface area contributed by atoms with Crippen molar-refractivity contribution in [2.24, 2.45) is 5.92 Å². The van der Waals surface area contributed by atoms with Gasteiger partial charge in [0.25, 0.3) is 5.88 Å². The number of rotatable bonds is 19. The Balaban J connectivity index is 0.711. The molecule has 0 spiro atoms. The molecule has 4 N–H and O–H groups in total. The van der Waals surface area contributed by atoms with Crippen LogP contribution in [0.1, 0.15) is 75.4 Å². The molecule has 0 bridgehead atoms. The van der Waals surface area contributed by atoms with Gasteiger partial charge < -0.3 is 49.4 Å². The number of phenols is 1. The standard InChI is InChI=1S/C58H64ClFN10O8S/c1-33(2)50(57(74)70-31-41(72)27-47(70)56(73)64-34(3)36-9-11-37(12-10-36)54-35(4)63-32-79-54)48-29-49(67-78-48)76-24-23-75-42-14-18-68(19-15-42)21-22-77-58-65-53-45(55(66-58)69-20-17-62-39(30-69)13-16-61)28-46(59)51(52(53)60)44-26-40(71)25-38-7-5-6-8-43(38)44/h5-12,25-26,28-29,32-34,39,41-42,47,50,62,71-72H,13-15,17-24,27,30-31H2,1-4H3,(H,64,73)/t34-,39-,41+,47-,50+/m0/s1. The van der Waals surface area contributed by atoms with E-state index >= 15 is 4.39 Å². The number of carbonyl (C=O) groups excluding carboxylic acids is 2. The smallest absolute Gasteiger partial charge is 0.319 e. The molecule has 0 aliphatic carbocycles. The zero-order chi connectivity index (χ0) is 55.3. The minimum absolute atomic E-state index is 0.00231. The Hall–Kier alpha value is -6.99. The summed E-state index contributed by atoms with van der Waals surface area (Å²) in [5.41, 5.74) is 5.32. The molecule has 21 heteroatoms. The molecular formula is C58H64ClFN10O8S. The van der Waals surface area contributed by atoms with E-state index in [2.05, 4.69) is 36.7 Å². The number of ether oxygens (including phenoxy) is 3. The van der Waals surface area contributed by atoms with Gasteiger partial charge in [-0.1, -0.05) is 74.0 Å². The number of nitriles is 1. The first kappa shape index (κ1) is 55.3. The lowest BCUT2D eigenvalue weighted by atomic mass is 9.91. The summed E-state index contributed by atoms with van der Waals surface area (Å²) in [5, 5.41) is 43.4. The van der Waals surface area contributed by atoms with Crippen LogP contribution in [0.3, 0.4) is 0 Å². The summed E-state index contributed by atoms with van der Waals surface area (Å²) in [5.74, 6) is -1.38. The SMILES string of the molecule is Cc1ncsc1-c1ccc([C@H](C)NC(=O)[C@@H]2C[C@@H](O)CN2C(=O)[C@@H](c2cc(OCCOC3CCN(CCOc4nc(N5CCN[C@@H](CC#N)C5)c5cc(Cl)c(-c6cc(O)cc7ccccc67)c(F)c5n4)CC3)no2)C(C)C)cc1. The van der Waals surface area contributed by atoms with Crippen molar-refractivity contribution in [3.63, 3.8) is 0 Å². The number of hydrogen-bond donors (Lipinski definition) is 4. The van der Waals surface area contributed by atoms with Crippen molar-refractivity contribution in [2.45, 2.75) is 89.6 Å². The molecular weight excluding hydrogens is 1050 g/mol. The van der Waals surface area contributed by atoms with Crippen molar-refractivity contribution in [2.75, 3.05) is 70.5 Å². The van der Waals surface area contributed by atoms with E-state index in [1.165, 1.54) is 11.0 Å². The van der Waals surface area contributed by atoms with E-state index in [1.54, 1.807) is 29.5 Å². The molecule has 79 heavy (non-hydrogen) atoms. The molecule has 0 unspecified atom stereocenters. The molecule has 18 nitrogen and oxygen atoms in total. The number of hydrogen-bond acceptors (Lipinski definition) is 17. The van der Waals surface area contributed by atoms with Gasteiger partial charge in [-0.25, -0.2) is 9.37 Å². The highest BCUT2D eigenvalue weighted by Gasteiger charge is 2.44. The minimum Gasteiger partial charge on any atom is -0.508 e. The minimum atomic E-state index is -0.864. The molecule has 7 aromatic rings. The van der Waals surface area contributed by atoms with Crippen LogP contribution in [0.5, 0.6) is 17.6 Å². The van der Waals surface area contributed by atoms with Crippen LogP contribution in [-0.4, -0.2) is 142 Å². The lowest BCUT2D eigenvalue weighted by molar-refractivity contribution is -0.141. The number of aliphatic hydroxyl groups is 1. The number of nitrogens with one attached hydrogen (secondary N) is 2. The summed E-state index contributed by atoms with van der Waals surface area (Å²) < 4.78 is 41.1. The quantitative estimate of drug-likeness (QED) is 0.0557. The van der Waals surface area contributed by atoms with Crippen molar-refractivity contribution in [3.8, 4) is 45.3 Å². The monoisotopic (exact) mass is 1110 g/mol. The topological polar surface area (TPSA) is 225 Å². The number of aromatic nitrogens is 4. The first-order valence-electron chi connectivity index (χ1n) is 26.9. The van der Waals surface area contributed by atoms with E-state index in [-0.39, 0.29) is 95.8 Å². The molecule has 0 saturated carbocycles. The Morgan fingerprint density at radius 3 is 2.56 bits per heavy atom. The number of likely N-dealkylation sites (tertiary alicyclic amines) is 2. The van der Waals surface area contributed by atoms with Crippen molar-refractivity contribution in [1.29, 1.82) is 5.26 Å². The number of nitrogens with zero attached hydrogens (tertiary/aromatic N) is 8. The molecule has 3 saturated heterocycles. The zero-order valence-electron chi connectivity index (χ0n) is 44.5. The molecule has 414 valence electrons. The fraction of sp³-hybridized carbons (Fsp3) is 0.431. The normalized spacial score (nSPS) is 19.0. The van der Waals surface area contributed by atoms with Gasteiger partial charge in [-0.3, -0.25) is 14.5 Å². The number of carbonyl (C=O) groups is 2. The molecule has 2 amide bonds. The first-order chi connectivity index (χ1) is 38.2. The Labute approximate surface area is 466 Å². The third-order valence-corrected chi connectivity index (χ3v) is 16.4. The summed E-state index contributed by atoms with van der Waals surface area (Å²) >= 11 is 8.50. The fourth-order valence-electron chi connectivity index (χ4n) is 11.0. The number of aryl methyl sites for hydroxylation is 1. The third-order valence-electron chi connectivity index (χ3n) is 15.1. The van der Waals surface area contributed by atoms with Crippen LogP contribution in [0.15, 0.2) is 82.8 Å². The zero-order valence-corrected chi connectivity index (χ0v) is 46.1. The number of piperazine rings is 1. The highest BCUT2D eigenvalue weighted by molar-refractivity contribution is 7.13. The maximum absolute atomic E-state index is 17.1. The van der Waals surface area contributed by atoms with Crippen molar-refractivity contribution < 1.29 is 42.9 Å². The second-order valence-corrected chi connectivity index (χ2v) is 22.1. The number of anilines is 1. The van der Waals surface area contributed by atoms with Crippen molar-refractivity contribution in [1.82, 2.24) is 40.5 Å². The Morgan fingerprint density at radius 1 is 1.00 bits per heavy atom. The van der Waals surface area contributed by atoms with E-state index < -0.39 is 23.9 Å². The summed E-state index contributed by atoms with van der Waals surface area (Å²) in [7, 11) is 0. The Morgan fingerprint density at radius 2 is 1.80 bits per heavy atom. The number of phenolic OH excluding ortho intramolecular Hbond substituents is 1. The highest BCUT2D eigenvalue weighted by atomic mass is 35.5. The number of amides is 2. The van der Waals surface area contributed by atoms with Gasteiger partial charge in [-0.15, -0.1) is 11.3 Å². The van der Waals surface area contributed by atoms with E-state index in [4.69, 9.17) is 35.3 Å². The number of benzene rings is 4. The van der Waals surface area contributed by atoms with Gasteiger partial charge in [0.05, 0.1) is 58.5 Å². The fourth-order valence-corrected chi connectivity index (χ4v) is 12.1. The van der Waals surface area contributed by atoms with E-state index in [0.29, 0.717) is 61.7 Å². The molecule has 10 rings (SSSR count). The number of aromatic hydroxyl groups is 1. The predicted molar refractivity (Wildman–Crippen MR) is 299 cm³/mol. The second kappa shape index (κ2) is 24.6. The molecule has 6 heterocycles.